The Balaban J connectivity index is 2.26. The second-order valence-electron chi connectivity index (χ2n) is 4.48. The Hall–Kier alpha value is -2.67. The Labute approximate surface area is 120 Å². The van der Waals surface area contributed by atoms with E-state index in [2.05, 4.69) is 5.32 Å². The van der Waals surface area contributed by atoms with E-state index in [1.54, 1.807) is 19.1 Å². The number of carboxylic acid groups (broad SMARTS) is 1. The lowest BCUT2D eigenvalue weighted by Crippen LogP contribution is -2.34. The monoisotopic (exact) mass is 290 g/mol. The molecule has 0 aromatic heterocycles. The molecule has 1 aliphatic rings. The molecule has 0 saturated heterocycles. The van der Waals surface area contributed by atoms with Gasteiger partial charge in [-0.1, -0.05) is 6.07 Å². The fraction of sp³-hybridized carbons (Fsp3) is 0.214. The van der Waals surface area contributed by atoms with Crippen LogP contribution in [-0.4, -0.2) is 46.0 Å². The van der Waals surface area contributed by atoms with Crippen LogP contribution in [0.2, 0.25) is 0 Å². The largest absolute Gasteiger partial charge is 0.478 e. The van der Waals surface area contributed by atoms with Crippen molar-refractivity contribution in [3.63, 3.8) is 0 Å². The van der Waals surface area contributed by atoms with Gasteiger partial charge in [-0.25, -0.2) is 4.79 Å². The second-order valence-corrected chi connectivity index (χ2v) is 4.48. The molecule has 0 fully saturated rings. The molecular formula is C14H14N2O5. The number of anilines is 1. The number of carbonyl (C=O) groups excluding carboxylic acids is 2. The van der Waals surface area contributed by atoms with Crippen molar-refractivity contribution in [2.75, 3.05) is 18.5 Å². The number of carboxylic acids is 1. The molecule has 7 heteroatoms. The van der Waals surface area contributed by atoms with Crippen LogP contribution in [0.1, 0.15) is 15.9 Å². The summed E-state index contributed by atoms with van der Waals surface area (Å²) in [5, 5.41) is 20.7. The molecule has 0 radical (unpaired) electrons. The first-order valence-corrected chi connectivity index (χ1v) is 6.24. The molecule has 1 aromatic carbocycles. The zero-order chi connectivity index (χ0) is 15.6. The van der Waals surface area contributed by atoms with E-state index in [-0.39, 0.29) is 24.4 Å². The lowest BCUT2D eigenvalue weighted by molar-refractivity contribution is -0.137. The quantitative estimate of drug-likeness (QED) is 0.675. The lowest BCUT2D eigenvalue weighted by Gasteiger charge is -2.14. The number of rotatable bonds is 5. The van der Waals surface area contributed by atoms with Crippen LogP contribution < -0.4 is 5.32 Å². The van der Waals surface area contributed by atoms with Crippen LogP contribution >= 0.6 is 0 Å². The first kappa shape index (κ1) is 14.7. The molecule has 7 nitrogen and oxygen atoms in total. The third-order valence-corrected chi connectivity index (χ3v) is 3.17. The van der Waals surface area contributed by atoms with Crippen molar-refractivity contribution in [2.45, 2.75) is 6.92 Å². The van der Waals surface area contributed by atoms with Crippen LogP contribution in [0, 0.1) is 6.92 Å². The van der Waals surface area contributed by atoms with Crippen LogP contribution in [0.15, 0.2) is 30.0 Å². The maximum absolute atomic E-state index is 12.0. The summed E-state index contributed by atoms with van der Waals surface area (Å²) in [4.78, 5) is 35.6. The Morgan fingerprint density at radius 3 is 2.67 bits per heavy atom. The predicted octanol–water partition coefficient (Wildman–Crippen LogP) is 0.350. The number of aliphatic hydroxyl groups excluding tert-OH is 1. The Morgan fingerprint density at radius 1 is 1.33 bits per heavy atom. The van der Waals surface area contributed by atoms with Gasteiger partial charge in [-0.2, -0.15) is 0 Å². The molecule has 110 valence electrons. The average molecular weight is 290 g/mol. The smallest absolute Gasteiger partial charge is 0.336 e. The number of benzene rings is 1. The van der Waals surface area contributed by atoms with Crippen molar-refractivity contribution in [3.8, 4) is 0 Å². The molecule has 0 spiro atoms. The number of amides is 2. The van der Waals surface area contributed by atoms with E-state index in [1.807, 2.05) is 0 Å². The van der Waals surface area contributed by atoms with Crippen LogP contribution in [0.3, 0.4) is 0 Å². The predicted molar refractivity (Wildman–Crippen MR) is 73.6 cm³/mol. The summed E-state index contributed by atoms with van der Waals surface area (Å²) in [6, 6.07) is 4.62. The van der Waals surface area contributed by atoms with Gasteiger partial charge in [0.15, 0.2) is 0 Å². The first-order chi connectivity index (χ1) is 9.95. The number of hydrogen-bond donors (Lipinski definition) is 3. The second kappa shape index (κ2) is 5.76. The third kappa shape index (κ3) is 2.77. The SMILES string of the molecule is Cc1c(NC2=CC(=O)N(CCO)C2=O)cccc1C(=O)O. The molecule has 1 heterocycles. The van der Waals surface area contributed by atoms with Gasteiger partial charge in [-0.3, -0.25) is 14.5 Å². The summed E-state index contributed by atoms with van der Waals surface area (Å²) in [5.74, 6) is -2.13. The molecule has 1 aromatic rings. The third-order valence-electron chi connectivity index (χ3n) is 3.17. The van der Waals surface area contributed by atoms with Crippen molar-refractivity contribution in [1.29, 1.82) is 0 Å². The van der Waals surface area contributed by atoms with E-state index < -0.39 is 17.8 Å². The van der Waals surface area contributed by atoms with Crippen LogP contribution in [0.5, 0.6) is 0 Å². The van der Waals surface area contributed by atoms with Crippen molar-refractivity contribution in [2.24, 2.45) is 0 Å². The maximum Gasteiger partial charge on any atom is 0.336 e. The van der Waals surface area contributed by atoms with Gasteiger partial charge in [0.05, 0.1) is 18.7 Å². The molecular weight excluding hydrogens is 276 g/mol. The van der Waals surface area contributed by atoms with Crippen LogP contribution in [-0.2, 0) is 9.59 Å². The molecule has 0 bridgehead atoms. The van der Waals surface area contributed by atoms with E-state index in [4.69, 9.17) is 10.2 Å². The minimum atomic E-state index is -1.07. The molecule has 3 N–H and O–H groups in total. The molecule has 0 atom stereocenters. The fourth-order valence-corrected chi connectivity index (χ4v) is 2.06. The summed E-state index contributed by atoms with van der Waals surface area (Å²) in [6.07, 6.45) is 1.13. The van der Waals surface area contributed by atoms with Gasteiger partial charge in [0, 0.05) is 11.8 Å². The van der Waals surface area contributed by atoms with E-state index in [9.17, 15) is 14.4 Å². The van der Waals surface area contributed by atoms with Crippen molar-refractivity contribution >= 4 is 23.5 Å². The number of nitrogens with zero attached hydrogens (tertiary/aromatic N) is 1. The zero-order valence-corrected chi connectivity index (χ0v) is 11.3. The molecule has 21 heavy (non-hydrogen) atoms. The summed E-state index contributed by atoms with van der Waals surface area (Å²) in [6.45, 7) is 1.22. The summed E-state index contributed by atoms with van der Waals surface area (Å²) in [7, 11) is 0. The molecule has 0 aliphatic carbocycles. The van der Waals surface area contributed by atoms with Gasteiger partial charge in [0.1, 0.15) is 5.70 Å². The maximum atomic E-state index is 12.0. The van der Waals surface area contributed by atoms with E-state index >= 15 is 0 Å². The molecule has 0 saturated carbocycles. The number of β-amino-alcohol motifs (C(OH)–C–C–N with tert-alkyl or cyclic N) is 1. The minimum Gasteiger partial charge on any atom is -0.478 e. The summed E-state index contributed by atoms with van der Waals surface area (Å²) >= 11 is 0. The van der Waals surface area contributed by atoms with Crippen molar-refractivity contribution < 1.29 is 24.6 Å². The van der Waals surface area contributed by atoms with Crippen LogP contribution in [0.25, 0.3) is 0 Å². The first-order valence-electron chi connectivity index (χ1n) is 6.24. The highest BCUT2D eigenvalue weighted by Gasteiger charge is 2.30. The van der Waals surface area contributed by atoms with Gasteiger partial charge in [-0.05, 0) is 24.6 Å². The van der Waals surface area contributed by atoms with Crippen molar-refractivity contribution in [3.05, 3.63) is 41.1 Å². The van der Waals surface area contributed by atoms with Gasteiger partial charge in [0.25, 0.3) is 11.8 Å². The molecule has 1 aliphatic heterocycles. The Kier molecular flexibility index (Phi) is 4.04. The van der Waals surface area contributed by atoms with Crippen molar-refractivity contribution in [1.82, 2.24) is 4.90 Å². The van der Waals surface area contributed by atoms with E-state index in [0.29, 0.717) is 11.3 Å². The van der Waals surface area contributed by atoms with Gasteiger partial charge in [0.2, 0.25) is 0 Å². The molecule has 2 rings (SSSR count). The normalized spacial score (nSPS) is 14.4. The standard InChI is InChI=1S/C14H14N2O5/c1-8-9(14(20)21)3-2-4-10(8)15-11-7-12(18)16(5-6-17)13(11)19/h2-4,7,15,17H,5-6H2,1H3,(H,20,21). The van der Waals surface area contributed by atoms with Gasteiger partial charge in [-0.15, -0.1) is 0 Å². The lowest BCUT2D eigenvalue weighted by atomic mass is 10.1. The number of aliphatic hydroxyl groups is 1. The Bertz CT molecular complexity index is 651. The average Bonchev–Trinajstić information content (AvgIpc) is 2.69. The van der Waals surface area contributed by atoms with E-state index in [0.717, 1.165) is 11.0 Å². The minimum absolute atomic E-state index is 0.0547. The Morgan fingerprint density at radius 2 is 2.05 bits per heavy atom. The number of carbonyl (C=O) groups is 3. The zero-order valence-electron chi connectivity index (χ0n) is 11.3. The van der Waals surface area contributed by atoms with Gasteiger partial charge >= 0.3 is 5.97 Å². The highest BCUT2D eigenvalue weighted by atomic mass is 16.4. The number of imide groups is 1. The summed E-state index contributed by atoms with van der Waals surface area (Å²) in [5.41, 5.74) is 1.07. The fourth-order valence-electron chi connectivity index (χ4n) is 2.06. The van der Waals surface area contributed by atoms with Gasteiger partial charge < -0.3 is 15.5 Å². The number of aromatic carboxylic acids is 1. The topological polar surface area (TPSA) is 107 Å². The number of hydrogen-bond acceptors (Lipinski definition) is 5. The van der Waals surface area contributed by atoms with E-state index in [1.165, 1.54) is 6.07 Å². The molecule has 0 unspecified atom stereocenters. The number of nitrogens with one attached hydrogen (secondary N) is 1. The summed E-state index contributed by atoms with van der Waals surface area (Å²) < 4.78 is 0. The highest BCUT2D eigenvalue weighted by molar-refractivity contribution is 6.17. The van der Waals surface area contributed by atoms with Crippen LogP contribution in [0.4, 0.5) is 5.69 Å². The molecule has 2 amide bonds. The highest BCUT2D eigenvalue weighted by Crippen LogP contribution is 2.23.